The molecular formula is C14H24N2O2. The van der Waals surface area contributed by atoms with Crippen molar-refractivity contribution in [3.8, 4) is 0 Å². The first-order valence-electron chi connectivity index (χ1n) is 6.63. The van der Waals surface area contributed by atoms with Gasteiger partial charge in [0.25, 0.3) is 0 Å². The first-order chi connectivity index (χ1) is 8.58. The number of carbonyl (C=O) groups is 1. The molecule has 0 fully saturated rings. The molecule has 1 rings (SSSR count). The van der Waals surface area contributed by atoms with Gasteiger partial charge in [0, 0.05) is 24.9 Å². The maximum absolute atomic E-state index is 11.7. The molecule has 4 nitrogen and oxygen atoms in total. The summed E-state index contributed by atoms with van der Waals surface area (Å²) in [4.78, 5) is 11.7. The van der Waals surface area contributed by atoms with E-state index in [0.717, 1.165) is 25.1 Å². The number of amides is 1. The molecule has 0 aliphatic heterocycles. The Morgan fingerprint density at radius 2 is 2.17 bits per heavy atom. The van der Waals surface area contributed by atoms with Crippen LogP contribution in [0.15, 0.2) is 22.8 Å². The molecule has 4 heteroatoms. The summed E-state index contributed by atoms with van der Waals surface area (Å²) in [7, 11) is 0. The van der Waals surface area contributed by atoms with Gasteiger partial charge in [0.1, 0.15) is 5.76 Å². The fourth-order valence-electron chi connectivity index (χ4n) is 1.77. The molecule has 0 bridgehead atoms. The molecule has 1 aromatic heterocycles. The van der Waals surface area contributed by atoms with E-state index in [1.54, 1.807) is 6.26 Å². The number of furan rings is 1. The fourth-order valence-corrected chi connectivity index (χ4v) is 1.77. The quantitative estimate of drug-likeness (QED) is 0.697. The summed E-state index contributed by atoms with van der Waals surface area (Å²) < 4.78 is 5.25. The van der Waals surface area contributed by atoms with Gasteiger partial charge in [0.15, 0.2) is 0 Å². The molecule has 0 aliphatic carbocycles. The van der Waals surface area contributed by atoms with Crippen molar-refractivity contribution in [2.45, 2.75) is 52.1 Å². The van der Waals surface area contributed by atoms with Gasteiger partial charge < -0.3 is 15.1 Å². The highest BCUT2D eigenvalue weighted by atomic mass is 16.3. The third-order valence-corrected chi connectivity index (χ3v) is 2.63. The molecule has 1 unspecified atom stereocenters. The zero-order chi connectivity index (χ0) is 13.4. The summed E-state index contributed by atoms with van der Waals surface area (Å²) in [6, 6.07) is 4.38. The lowest BCUT2D eigenvalue weighted by atomic mass is 10.2. The van der Waals surface area contributed by atoms with Crippen LogP contribution in [0.3, 0.4) is 0 Å². The van der Waals surface area contributed by atoms with Crippen molar-refractivity contribution < 1.29 is 9.21 Å². The molecule has 1 amide bonds. The summed E-state index contributed by atoms with van der Waals surface area (Å²) >= 11 is 0. The number of nitrogens with one attached hydrogen (secondary N) is 2. The molecule has 0 aliphatic rings. The largest absolute Gasteiger partial charge is 0.469 e. The zero-order valence-electron chi connectivity index (χ0n) is 11.5. The molecule has 0 saturated carbocycles. The molecule has 1 atom stereocenters. The second-order valence-corrected chi connectivity index (χ2v) is 4.96. The highest BCUT2D eigenvalue weighted by Crippen LogP contribution is 2.04. The number of carbonyl (C=O) groups excluding carboxylic acids is 1. The van der Waals surface area contributed by atoms with Gasteiger partial charge in [-0.1, -0.05) is 13.8 Å². The van der Waals surface area contributed by atoms with E-state index in [1.165, 1.54) is 0 Å². The van der Waals surface area contributed by atoms with Crippen molar-refractivity contribution in [2.75, 3.05) is 6.54 Å². The van der Waals surface area contributed by atoms with Crippen LogP contribution in [0.25, 0.3) is 0 Å². The van der Waals surface area contributed by atoms with Gasteiger partial charge in [-0.3, -0.25) is 4.79 Å². The summed E-state index contributed by atoms with van der Waals surface area (Å²) in [5.41, 5.74) is 0. The van der Waals surface area contributed by atoms with Crippen LogP contribution in [0, 0.1) is 0 Å². The van der Waals surface area contributed by atoms with Crippen LogP contribution in [0.5, 0.6) is 0 Å². The normalized spacial score (nSPS) is 12.7. The van der Waals surface area contributed by atoms with Gasteiger partial charge in [-0.15, -0.1) is 0 Å². The van der Waals surface area contributed by atoms with E-state index in [4.69, 9.17) is 4.42 Å². The van der Waals surface area contributed by atoms with Gasteiger partial charge in [-0.25, -0.2) is 0 Å². The molecule has 1 heterocycles. The Morgan fingerprint density at radius 1 is 1.39 bits per heavy atom. The predicted molar refractivity (Wildman–Crippen MR) is 72.4 cm³/mol. The van der Waals surface area contributed by atoms with Crippen LogP contribution in [-0.4, -0.2) is 24.5 Å². The predicted octanol–water partition coefficient (Wildman–Crippen LogP) is 2.10. The van der Waals surface area contributed by atoms with Crippen LogP contribution < -0.4 is 10.6 Å². The van der Waals surface area contributed by atoms with Crippen LogP contribution in [0.4, 0.5) is 0 Å². The average molecular weight is 252 g/mol. The minimum Gasteiger partial charge on any atom is -0.469 e. The number of rotatable bonds is 8. The smallest absolute Gasteiger partial charge is 0.220 e. The Hall–Kier alpha value is -1.29. The molecule has 18 heavy (non-hydrogen) atoms. The Balaban J connectivity index is 2.11. The molecule has 2 N–H and O–H groups in total. The third-order valence-electron chi connectivity index (χ3n) is 2.63. The fraction of sp³-hybridized carbons (Fsp3) is 0.643. The van der Waals surface area contributed by atoms with E-state index in [0.29, 0.717) is 12.5 Å². The lowest BCUT2D eigenvalue weighted by molar-refractivity contribution is -0.121. The topological polar surface area (TPSA) is 54.3 Å². The van der Waals surface area contributed by atoms with E-state index in [1.807, 2.05) is 19.1 Å². The van der Waals surface area contributed by atoms with Crippen molar-refractivity contribution in [1.82, 2.24) is 10.6 Å². The number of hydrogen-bond donors (Lipinski definition) is 2. The molecule has 0 aromatic carbocycles. The Morgan fingerprint density at radius 3 is 2.78 bits per heavy atom. The van der Waals surface area contributed by atoms with Crippen LogP contribution in [-0.2, 0) is 11.2 Å². The first-order valence-corrected chi connectivity index (χ1v) is 6.63. The maximum atomic E-state index is 11.7. The molecule has 0 saturated heterocycles. The minimum atomic E-state index is 0.111. The molecule has 1 aromatic rings. The molecule has 102 valence electrons. The van der Waals surface area contributed by atoms with Gasteiger partial charge in [-0.05, 0) is 32.0 Å². The van der Waals surface area contributed by atoms with E-state index < -0.39 is 0 Å². The van der Waals surface area contributed by atoms with Crippen LogP contribution in [0.1, 0.15) is 39.4 Å². The second-order valence-electron chi connectivity index (χ2n) is 4.96. The Bertz CT molecular complexity index is 334. The summed E-state index contributed by atoms with van der Waals surface area (Å²) in [5, 5.41) is 6.28. The van der Waals surface area contributed by atoms with Crippen molar-refractivity contribution in [2.24, 2.45) is 0 Å². The van der Waals surface area contributed by atoms with Gasteiger partial charge in [-0.2, -0.15) is 0 Å². The van der Waals surface area contributed by atoms with Crippen molar-refractivity contribution in [1.29, 1.82) is 0 Å². The van der Waals surface area contributed by atoms with Crippen molar-refractivity contribution in [3.05, 3.63) is 24.2 Å². The first kappa shape index (κ1) is 14.8. The summed E-state index contributed by atoms with van der Waals surface area (Å²) in [5.74, 6) is 1.02. The molecule has 0 spiro atoms. The second kappa shape index (κ2) is 7.93. The standard InChI is InChI=1S/C14H24N2O2/c1-11(2)15-8-4-7-14(17)16-12(3)10-13-6-5-9-18-13/h5-6,9,11-12,15H,4,7-8,10H2,1-3H3,(H,16,17). The van der Waals surface area contributed by atoms with Crippen LogP contribution >= 0.6 is 0 Å². The van der Waals surface area contributed by atoms with Crippen molar-refractivity contribution >= 4 is 5.91 Å². The SMILES string of the molecule is CC(C)NCCCC(=O)NC(C)Cc1ccco1. The van der Waals surface area contributed by atoms with E-state index in [9.17, 15) is 4.79 Å². The highest BCUT2D eigenvalue weighted by Gasteiger charge is 2.09. The lowest BCUT2D eigenvalue weighted by Crippen LogP contribution is -2.34. The zero-order valence-corrected chi connectivity index (χ0v) is 11.5. The van der Waals surface area contributed by atoms with E-state index >= 15 is 0 Å². The Kier molecular flexibility index (Phi) is 6.50. The average Bonchev–Trinajstić information content (AvgIpc) is 2.76. The lowest BCUT2D eigenvalue weighted by Gasteiger charge is -2.13. The van der Waals surface area contributed by atoms with Crippen molar-refractivity contribution in [3.63, 3.8) is 0 Å². The molecular weight excluding hydrogens is 228 g/mol. The minimum absolute atomic E-state index is 0.111. The summed E-state index contributed by atoms with van der Waals surface area (Å²) in [6.45, 7) is 7.08. The van der Waals surface area contributed by atoms with Gasteiger partial charge >= 0.3 is 0 Å². The monoisotopic (exact) mass is 252 g/mol. The van der Waals surface area contributed by atoms with Gasteiger partial charge in [0.05, 0.1) is 6.26 Å². The molecule has 0 radical (unpaired) electrons. The number of hydrogen-bond acceptors (Lipinski definition) is 3. The van der Waals surface area contributed by atoms with Gasteiger partial charge in [0.2, 0.25) is 5.91 Å². The Labute approximate surface area is 109 Å². The maximum Gasteiger partial charge on any atom is 0.220 e. The van der Waals surface area contributed by atoms with E-state index in [-0.39, 0.29) is 11.9 Å². The highest BCUT2D eigenvalue weighted by molar-refractivity contribution is 5.76. The summed E-state index contributed by atoms with van der Waals surface area (Å²) in [6.07, 6.45) is 3.84. The third kappa shape index (κ3) is 6.45. The van der Waals surface area contributed by atoms with Crippen LogP contribution in [0.2, 0.25) is 0 Å². The van der Waals surface area contributed by atoms with E-state index in [2.05, 4.69) is 24.5 Å².